The average Bonchev–Trinajstić information content (AvgIpc) is 2.86. The van der Waals surface area contributed by atoms with Crippen LogP contribution in [0, 0.1) is 5.92 Å². The summed E-state index contributed by atoms with van der Waals surface area (Å²) >= 11 is 0. The van der Waals surface area contributed by atoms with Crippen molar-refractivity contribution in [2.24, 2.45) is 5.92 Å². The molecule has 1 aliphatic heterocycles. The zero-order chi connectivity index (χ0) is 23.0. The Morgan fingerprint density at radius 3 is 2.85 bits per heavy atom. The Kier molecular flexibility index (Phi) is 7.79. The number of benzene rings is 2. The summed E-state index contributed by atoms with van der Waals surface area (Å²) < 4.78 is 10.7. The van der Waals surface area contributed by atoms with Crippen molar-refractivity contribution in [2.75, 3.05) is 27.3 Å². The zero-order valence-corrected chi connectivity index (χ0v) is 19.5. The molecule has 2 heterocycles. The predicted octanol–water partition coefficient (Wildman–Crippen LogP) is 4.56. The highest BCUT2D eigenvalue weighted by Gasteiger charge is 2.21. The number of fused-ring (bicyclic) bond motifs is 1. The summed E-state index contributed by atoms with van der Waals surface area (Å²) in [7, 11) is 3.26. The van der Waals surface area contributed by atoms with E-state index >= 15 is 0 Å². The number of aromatic nitrogens is 1. The van der Waals surface area contributed by atoms with Crippen LogP contribution in [0.5, 0.6) is 11.5 Å². The molecule has 1 aromatic heterocycles. The lowest BCUT2D eigenvalue weighted by Crippen LogP contribution is -2.35. The number of para-hydroxylation sites is 1. The van der Waals surface area contributed by atoms with Crippen LogP contribution in [0.15, 0.2) is 54.7 Å². The minimum Gasteiger partial charge on any atom is -0.497 e. The molecule has 1 amide bonds. The lowest BCUT2D eigenvalue weighted by molar-refractivity contribution is -0.121. The van der Waals surface area contributed by atoms with Crippen molar-refractivity contribution in [1.82, 2.24) is 15.2 Å². The normalized spacial score (nSPS) is 16.5. The molecule has 174 valence electrons. The van der Waals surface area contributed by atoms with Crippen molar-refractivity contribution < 1.29 is 14.3 Å². The molecule has 33 heavy (non-hydrogen) atoms. The van der Waals surface area contributed by atoms with Crippen LogP contribution >= 0.6 is 0 Å². The van der Waals surface area contributed by atoms with Gasteiger partial charge in [0.15, 0.2) is 0 Å². The molecule has 0 saturated carbocycles. The molecule has 2 aromatic carbocycles. The van der Waals surface area contributed by atoms with E-state index in [0.717, 1.165) is 48.6 Å². The Morgan fingerprint density at radius 1 is 1.12 bits per heavy atom. The lowest BCUT2D eigenvalue weighted by atomic mass is 9.92. The van der Waals surface area contributed by atoms with E-state index in [0.29, 0.717) is 18.9 Å². The van der Waals surface area contributed by atoms with Gasteiger partial charge >= 0.3 is 0 Å². The van der Waals surface area contributed by atoms with Crippen LogP contribution in [0.1, 0.15) is 36.8 Å². The number of nitrogens with zero attached hydrogens (tertiary/aromatic N) is 2. The molecule has 0 radical (unpaired) electrons. The zero-order valence-electron chi connectivity index (χ0n) is 19.5. The van der Waals surface area contributed by atoms with Crippen molar-refractivity contribution in [2.45, 2.75) is 38.8 Å². The van der Waals surface area contributed by atoms with E-state index in [-0.39, 0.29) is 5.91 Å². The molecular weight excluding hydrogens is 414 g/mol. The molecule has 1 fully saturated rings. The maximum atomic E-state index is 12.5. The summed E-state index contributed by atoms with van der Waals surface area (Å²) in [5.41, 5.74) is 3.32. The first kappa shape index (κ1) is 23.1. The monoisotopic (exact) mass is 447 g/mol. The number of carbonyl (C=O) groups excluding carboxylic acids is 1. The van der Waals surface area contributed by atoms with Gasteiger partial charge in [-0.25, -0.2) is 0 Å². The second kappa shape index (κ2) is 11.1. The SMILES string of the molecule is COc1ccc(CNC(=O)CCC2CCCN(Cc3ccnc4ccccc34)C2)c(OC)c1. The number of methoxy groups -OCH3 is 2. The molecule has 6 nitrogen and oxygen atoms in total. The van der Waals surface area contributed by atoms with Gasteiger partial charge in [-0.3, -0.25) is 14.7 Å². The van der Waals surface area contributed by atoms with E-state index in [1.807, 2.05) is 30.5 Å². The smallest absolute Gasteiger partial charge is 0.220 e. The summed E-state index contributed by atoms with van der Waals surface area (Å²) in [6, 6.07) is 16.1. The Morgan fingerprint density at radius 2 is 2.00 bits per heavy atom. The third-order valence-corrected chi connectivity index (χ3v) is 6.49. The van der Waals surface area contributed by atoms with E-state index in [4.69, 9.17) is 9.47 Å². The van der Waals surface area contributed by atoms with Crippen LogP contribution in [0.2, 0.25) is 0 Å². The third kappa shape index (κ3) is 6.02. The maximum Gasteiger partial charge on any atom is 0.220 e. The van der Waals surface area contributed by atoms with Crippen LogP contribution < -0.4 is 14.8 Å². The number of carbonyl (C=O) groups is 1. The van der Waals surface area contributed by atoms with E-state index in [1.165, 1.54) is 23.8 Å². The van der Waals surface area contributed by atoms with E-state index < -0.39 is 0 Å². The van der Waals surface area contributed by atoms with E-state index in [1.54, 1.807) is 14.2 Å². The number of ether oxygens (including phenoxy) is 2. The Hall–Kier alpha value is -3.12. The number of piperidine rings is 1. The molecule has 4 rings (SSSR count). The number of hydrogen-bond acceptors (Lipinski definition) is 5. The maximum absolute atomic E-state index is 12.5. The molecule has 1 unspecified atom stereocenters. The minimum absolute atomic E-state index is 0.0881. The molecule has 3 aromatic rings. The molecule has 0 bridgehead atoms. The predicted molar refractivity (Wildman–Crippen MR) is 130 cm³/mol. The van der Waals surface area contributed by atoms with Gasteiger partial charge in [-0.1, -0.05) is 18.2 Å². The molecule has 0 aliphatic carbocycles. The Labute approximate surface area is 195 Å². The largest absolute Gasteiger partial charge is 0.497 e. The second-order valence-corrected chi connectivity index (χ2v) is 8.72. The minimum atomic E-state index is 0.0881. The van der Waals surface area contributed by atoms with Gasteiger partial charge in [-0.15, -0.1) is 0 Å². The molecular formula is C27H33N3O3. The summed E-state index contributed by atoms with van der Waals surface area (Å²) in [6.45, 7) is 3.54. The number of amides is 1. The highest BCUT2D eigenvalue weighted by Crippen LogP contribution is 2.26. The number of hydrogen-bond donors (Lipinski definition) is 1. The first-order valence-electron chi connectivity index (χ1n) is 11.7. The Bertz CT molecular complexity index is 1080. The molecule has 1 saturated heterocycles. The van der Waals surface area contributed by atoms with E-state index in [9.17, 15) is 4.79 Å². The highest BCUT2D eigenvalue weighted by atomic mass is 16.5. The van der Waals surface area contributed by atoms with E-state index in [2.05, 4.69) is 39.5 Å². The fraction of sp³-hybridized carbons (Fsp3) is 0.407. The summed E-state index contributed by atoms with van der Waals surface area (Å²) in [6.07, 6.45) is 5.74. The molecule has 0 spiro atoms. The number of rotatable bonds is 9. The molecule has 1 aliphatic rings. The fourth-order valence-electron chi connectivity index (χ4n) is 4.68. The summed E-state index contributed by atoms with van der Waals surface area (Å²) in [4.78, 5) is 19.5. The van der Waals surface area contributed by atoms with Gasteiger partial charge in [0.1, 0.15) is 11.5 Å². The topological polar surface area (TPSA) is 63.7 Å². The molecule has 1 atom stereocenters. The molecule has 1 N–H and O–H groups in total. The van der Waals surface area contributed by atoms with Gasteiger partial charge in [0.2, 0.25) is 5.91 Å². The van der Waals surface area contributed by atoms with Crippen LogP contribution in [0.4, 0.5) is 0 Å². The highest BCUT2D eigenvalue weighted by molar-refractivity contribution is 5.81. The summed E-state index contributed by atoms with van der Waals surface area (Å²) in [5, 5.41) is 4.27. The van der Waals surface area contributed by atoms with Crippen molar-refractivity contribution in [3.63, 3.8) is 0 Å². The van der Waals surface area contributed by atoms with Gasteiger partial charge in [0.25, 0.3) is 0 Å². The van der Waals surface area contributed by atoms with Crippen LogP contribution in [-0.2, 0) is 17.9 Å². The number of likely N-dealkylation sites (tertiary alicyclic amines) is 1. The van der Waals surface area contributed by atoms with Gasteiger partial charge < -0.3 is 14.8 Å². The fourth-order valence-corrected chi connectivity index (χ4v) is 4.68. The summed E-state index contributed by atoms with van der Waals surface area (Å²) in [5.74, 6) is 2.10. The number of pyridine rings is 1. The van der Waals surface area contributed by atoms with Gasteiger partial charge in [0.05, 0.1) is 19.7 Å². The van der Waals surface area contributed by atoms with Crippen LogP contribution in [0.3, 0.4) is 0 Å². The second-order valence-electron chi connectivity index (χ2n) is 8.72. The first-order valence-corrected chi connectivity index (χ1v) is 11.7. The van der Waals surface area contributed by atoms with Gasteiger partial charge in [-0.05, 0) is 61.6 Å². The van der Waals surface area contributed by atoms with Crippen molar-refractivity contribution in [1.29, 1.82) is 0 Å². The van der Waals surface area contributed by atoms with Gasteiger partial charge in [0, 0.05) is 49.3 Å². The first-order chi connectivity index (χ1) is 16.2. The van der Waals surface area contributed by atoms with Crippen LogP contribution in [0.25, 0.3) is 10.9 Å². The number of nitrogens with one attached hydrogen (secondary N) is 1. The van der Waals surface area contributed by atoms with Crippen molar-refractivity contribution in [3.05, 3.63) is 65.9 Å². The molecule has 6 heteroatoms. The van der Waals surface area contributed by atoms with Crippen LogP contribution in [-0.4, -0.2) is 43.1 Å². The quantitative estimate of drug-likeness (QED) is 0.521. The lowest BCUT2D eigenvalue weighted by Gasteiger charge is -2.33. The van der Waals surface area contributed by atoms with Gasteiger partial charge in [-0.2, -0.15) is 0 Å². The van der Waals surface area contributed by atoms with Crippen molar-refractivity contribution >= 4 is 16.8 Å². The Balaban J connectivity index is 1.26. The average molecular weight is 448 g/mol. The van der Waals surface area contributed by atoms with Crippen molar-refractivity contribution in [3.8, 4) is 11.5 Å². The third-order valence-electron chi connectivity index (χ3n) is 6.49. The standard InChI is InChI=1S/C27H33N3O3/c1-32-23-11-10-21(26(16-23)33-2)17-29-27(31)12-9-20-6-5-15-30(18-20)19-22-13-14-28-25-8-4-3-7-24(22)25/h3-4,7-8,10-11,13-14,16,20H,5-6,9,12,15,17-19H2,1-2H3,(H,29,31).